The van der Waals surface area contributed by atoms with Crippen LogP contribution in [0.4, 0.5) is 5.69 Å². The first-order chi connectivity index (χ1) is 20.6. The molecule has 0 bridgehead atoms. The normalized spacial score (nSPS) is 12.0. The fraction of sp³-hybridized carbons (Fsp3) is 0.235. The summed E-state index contributed by atoms with van der Waals surface area (Å²) in [6.07, 6.45) is 0.251. The predicted molar refractivity (Wildman–Crippen MR) is 171 cm³/mol. The van der Waals surface area contributed by atoms with Gasteiger partial charge in [0, 0.05) is 24.5 Å². The number of hydrogen-bond donors (Lipinski definition) is 1. The number of nitrogens with zero attached hydrogens (tertiary/aromatic N) is 2. The van der Waals surface area contributed by atoms with E-state index in [0.717, 1.165) is 15.4 Å². The van der Waals surface area contributed by atoms with E-state index in [1.54, 1.807) is 72.8 Å². The molecule has 0 heterocycles. The van der Waals surface area contributed by atoms with Crippen LogP contribution in [0.2, 0.25) is 5.02 Å². The maximum absolute atomic E-state index is 14.4. The van der Waals surface area contributed by atoms with Gasteiger partial charge in [0.25, 0.3) is 10.0 Å². The smallest absolute Gasteiger partial charge is 0.264 e. The molecule has 0 aliphatic heterocycles. The molecule has 4 rings (SSSR count). The molecule has 4 aromatic rings. The fourth-order valence-corrected chi connectivity index (χ4v) is 6.17. The summed E-state index contributed by atoms with van der Waals surface area (Å²) in [5, 5.41) is 3.53. The van der Waals surface area contributed by atoms with E-state index in [1.165, 1.54) is 17.0 Å². The van der Waals surface area contributed by atoms with Crippen molar-refractivity contribution in [2.75, 3.05) is 17.4 Å². The van der Waals surface area contributed by atoms with Gasteiger partial charge in [-0.2, -0.15) is 0 Å². The molecule has 1 unspecified atom stereocenters. The first-order valence-electron chi connectivity index (χ1n) is 14.1. The average molecular weight is 618 g/mol. The third-order valence-electron chi connectivity index (χ3n) is 6.88. The van der Waals surface area contributed by atoms with Crippen LogP contribution in [-0.2, 0) is 32.6 Å². The quantitative estimate of drug-likeness (QED) is 0.201. The van der Waals surface area contributed by atoms with Gasteiger partial charge in [-0.05, 0) is 53.4 Å². The van der Waals surface area contributed by atoms with E-state index in [2.05, 4.69) is 5.32 Å². The minimum absolute atomic E-state index is 0.0615. The number of hydrogen-bond acceptors (Lipinski definition) is 4. The summed E-state index contributed by atoms with van der Waals surface area (Å²) in [5.74, 6) is -0.623. The maximum Gasteiger partial charge on any atom is 0.264 e. The Morgan fingerprint density at radius 2 is 1.33 bits per heavy atom. The number of rotatable bonds is 13. The predicted octanol–water partition coefficient (Wildman–Crippen LogP) is 5.95. The van der Waals surface area contributed by atoms with Gasteiger partial charge in [-0.3, -0.25) is 13.9 Å². The van der Waals surface area contributed by atoms with Gasteiger partial charge in [-0.1, -0.05) is 104 Å². The monoisotopic (exact) mass is 617 g/mol. The van der Waals surface area contributed by atoms with Crippen LogP contribution < -0.4 is 9.62 Å². The second kappa shape index (κ2) is 14.8. The number of carbonyl (C=O) groups excluding carboxylic acids is 2. The lowest BCUT2D eigenvalue weighted by molar-refractivity contribution is -0.140. The molecule has 2 amide bonds. The first kappa shape index (κ1) is 31.8. The van der Waals surface area contributed by atoms with Crippen molar-refractivity contribution in [1.29, 1.82) is 0 Å². The Hall–Kier alpha value is -4.14. The van der Waals surface area contributed by atoms with E-state index in [9.17, 15) is 18.0 Å². The third-order valence-corrected chi connectivity index (χ3v) is 8.92. The number of benzene rings is 4. The summed E-state index contributed by atoms with van der Waals surface area (Å²) in [5.41, 5.74) is 1.97. The number of halogens is 1. The zero-order valence-electron chi connectivity index (χ0n) is 24.3. The van der Waals surface area contributed by atoms with Crippen LogP contribution in [0.5, 0.6) is 0 Å². The van der Waals surface area contributed by atoms with Gasteiger partial charge in [-0.15, -0.1) is 0 Å². The van der Waals surface area contributed by atoms with Crippen LogP contribution in [-0.4, -0.2) is 44.3 Å². The van der Waals surface area contributed by atoms with Crippen LogP contribution >= 0.6 is 11.6 Å². The molecule has 0 aliphatic rings. The van der Waals surface area contributed by atoms with Gasteiger partial charge in [0.1, 0.15) is 12.6 Å². The van der Waals surface area contributed by atoms with E-state index < -0.39 is 28.5 Å². The molecule has 0 spiro atoms. The fourth-order valence-electron chi connectivity index (χ4n) is 4.61. The highest BCUT2D eigenvalue weighted by Gasteiger charge is 2.34. The van der Waals surface area contributed by atoms with Crippen molar-refractivity contribution in [3.63, 3.8) is 0 Å². The van der Waals surface area contributed by atoms with Gasteiger partial charge in [0.2, 0.25) is 11.8 Å². The number of amides is 2. The lowest BCUT2D eigenvalue weighted by Gasteiger charge is -2.34. The SMILES string of the molecule is CC(C)CNC(=O)C(Cc1ccccc1)N(Cc1ccc(Cl)cc1)C(=O)CN(c1ccccc1)S(=O)(=O)c1ccccc1. The third kappa shape index (κ3) is 8.69. The Morgan fingerprint density at radius 3 is 1.91 bits per heavy atom. The van der Waals surface area contributed by atoms with Crippen molar-refractivity contribution in [2.45, 2.75) is 37.8 Å². The minimum atomic E-state index is -4.12. The molecule has 0 aromatic heterocycles. The van der Waals surface area contributed by atoms with Crippen molar-refractivity contribution in [2.24, 2.45) is 5.92 Å². The Kier molecular flexibility index (Phi) is 11.0. The second-order valence-corrected chi connectivity index (χ2v) is 13.0. The lowest BCUT2D eigenvalue weighted by Crippen LogP contribution is -2.53. The van der Waals surface area contributed by atoms with Gasteiger partial charge in [-0.25, -0.2) is 8.42 Å². The summed E-state index contributed by atoms with van der Waals surface area (Å²) in [6, 6.07) is 32.1. The Morgan fingerprint density at radius 1 is 0.767 bits per heavy atom. The van der Waals surface area contributed by atoms with Crippen molar-refractivity contribution >= 4 is 39.1 Å². The number of sulfonamides is 1. The number of nitrogens with one attached hydrogen (secondary N) is 1. The van der Waals surface area contributed by atoms with E-state index in [1.807, 2.05) is 44.2 Å². The molecule has 0 fully saturated rings. The molecule has 0 saturated carbocycles. The molecule has 224 valence electrons. The zero-order valence-corrected chi connectivity index (χ0v) is 25.8. The van der Waals surface area contributed by atoms with Gasteiger partial charge in [0.05, 0.1) is 10.6 Å². The van der Waals surface area contributed by atoms with E-state index >= 15 is 0 Å². The van der Waals surface area contributed by atoms with Crippen LogP contribution in [0.1, 0.15) is 25.0 Å². The maximum atomic E-state index is 14.4. The molecule has 9 heteroatoms. The van der Waals surface area contributed by atoms with Crippen molar-refractivity contribution in [3.05, 3.63) is 131 Å². The van der Waals surface area contributed by atoms with Gasteiger partial charge < -0.3 is 10.2 Å². The van der Waals surface area contributed by atoms with Crippen LogP contribution in [0.3, 0.4) is 0 Å². The van der Waals surface area contributed by atoms with Crippen molar-refractivity contribution < 1.29 is 18.0 Å². The molecule has 0 radical (unpaired) electrons. The largest absolute Gasteiger partial charge is 0.354 e. The van der Waals surface area contributed by atoms with E-state index in [-0.39, 0.29) is 29.7 Å². The summed E-state index contributed by atoms with van der Waals surface area (Å²) in [7, 11) is -4.12. The molecular weight excluding hydrogens is 582 g/mol. The number of carbonyl (C=O) groups is 2. The number of para-hydroxylation sites is 1. The summed E-state index contributed by atoms with van der Waals surface area (Å²) < 4.78 is 28.9. The molecule has 1 N–H and O–H groups in total. The Balaban J connectivity index is 1.77. The molecule has 0 saturated heterocycles. The summed E-state index contributed by atoms with van der Waals surface area (Å²) in [4.78, 5) is 29.7. The minimum Gasteiger partial charge on any atom is -0.354 e. The molecule has 43 heavy (non-hydrogen) atoms. The summed E-state index contributed by atoms with van der Waals surface area (Å²) >= 11 is 6.13. The molecular formula is C34H36ClN3O4S. The highest BCUT2D eigenvalue weighted by Crippen LogP contribution is 2.25. The van der Waals surface area contributed by atoms with Gasteiger partial charge >= 0.3 is 0 Å². The Labute approximate surface area is 259 Å². The molecule has 7 nitrogen and oxygen atoms in total. The highest BCUT2D eigenvalue weighted by atomic mass is 35.5. The molecule has 4 aromatic carbocycles. The standard InChI is InChI=1S/C34H36ClN3O4S/c1-26(2)23-36-34(40)32(22-27-12-6-3-7-13-27)37(24-28-18-20-29(35)21-19-28)33(39)25-38(30-14-8-4-9-15-30)43(41,42)31-16-10-5-11-17-31/h3-21,26,32H,22-25H2,1-2H3,(H,36,40). The van der Waals surface area contributed by atoms with Crippen LogP contribution in [0.15, 0.2) is 120 Å². The average Bonchev–Trinajstić information content (AvgIpc) is 3.02. The van der Waals surface area contributed by atoms with Gasteiger partial charge in [0.15, 0.2) is 0 Å². The lowest BCUT2D eigenvalue weighted by atomic mass is 10.0. The Bertz CT molecular complexity index is 1580. The van der Waals surface area contributed by atoms with Crippen LogP contribution in [0, 0.1) is 5.92 Å². The molecule has 1 atom stereocenters. The van der Waals surface area contributed by atoms with Crippen molar-refractivity contribution in [1.82, 2.24) is 10.2 Å². The van der Waals surface area contributed by atoms with E-state index in [4.69, 9.17) is 11.6 Å². The molecule has 0 aliphatic carbocycles. The zero-order chi connectivity index (χ0) is 30.8. The van der Waals surface area contributed by atoms with Crippen molar-refractivity contribution in [3.8, 4) is 0 Å². The second-order valence-electron chi connectivity index (χ2n) is 10.7. The number of anilines is 1. The summed E-state index contributed by atoms with van der Waals surface area (Å²) in [6.45, 7) is 4.00. The van der Waals surface area contributed by atoms with E-state index in [0.29, 0.717) is 17.3 Å². The topological polar surface area (TPSA) is 86.8 Å². The first-order valence-corrected chi connectivity index (χ1v) is 16.0. The van der Waals surface area contributed by atoms with Crippen LogP contribution in [0.25, 0.3) is 0 Å². The highest BCUT2D eigenvalue weighted by molar-refractivity contribution is 7.92.